The number of ether oxygens (including phenoxy) is 2. The lowest BCUT2D eigenvalue weighted by molar-refractivity contribution is -0.142. The van der Waals surface area contributed by atoms with E-state index in [0.717, 1.165) is 19.8 Å². The number of hydrogen-bond acceptors (Lipinski definition) is 6. The van der Waals surface area contributed by atoms with Crippen LogP contribution in [-0.4, -0.2) is 25.5 Å². The molecule has 0 atom stereocenters. The minimum atomic E-state index is -0.310. The third-order valence-corrected chi connectivity index (χ3v) is 6.19. The lowest BCUT2D eigenvalue weighted by Gasteiger charge is -2.05. The molecule has 2 heterocycles. The monoisotopic (exact) mass is 374 g/mol. The van der Waals surface area contributed by atoms with Gasteiger partial charge in [-0.2, -0.15) is 0 Å². The van der Waals surface area contributed by atoms with Crippen LogP contribution >= 0.6 is 22.7 Å². The van der Waals surface area contributed by atoms with Gasteiger partial charge in [-0.05, 0) is 49.7 Å². The molecule has 0 aliphatic carbocycles. The van der Waals surface area contributed by atoms with E-state index in [1.165, 1.54) is 11.3 Å². The standard InChI is InChI=1S/C19H18O4S2/c1-4-23-16(20)10-14-15-9-11(2)24-19(15)25-18(14)17(21)12-5-7-13(22-3)8-6-12/h5-9H,4,10H2,1-3H3. The third-order valence-electron chi connectivity index (χ3n) is 3.80. The lowest BCUT2D eigenvalue weighted by Crippen LogP contribution is -2.10. The molecule has 0 radical (unpaired) electrons. The second kappa shape index (κ2) is 7.37. The van der Waals surface area contributed by atoms with Crippen LogP contribution in [-0.2, 0) is 16.0 Å². The largest absolute Gasteiger partial charge is 0.497 e. The first-order chi connectivity index (χ1) is 12.0. The number of benzene rings is 1. The zero-order chi connectivity index (χ0) is 18.0. The molecule has 3 rings (SSSR count). The molecule has 6 heteroatoms. The molecule has 0 N–H and O–H groups in total. The van der Waals surface area contributed by atoms with E-state index in [1.807, 2.05) is 13.0 Å². The lowest BCUT2D eigenvalue weighted by atomic mass is 10.0. The van der Waals surface area contributed by atoms with Crippen LogP contribution in [0.2, 0.25) is 0 Å². The van der Waals surface area contributed by atoms with E-state index in [2.05, 4.69) is 0 Å². The van der Waals surface area contributed by atoms with Gasteiger partial charge in [-0.25, -0.2) is 0 Å². The molecule has 130 valence electrons. The maximum absolute atomic E-state index is 13.0. The maximum atomic E-state index is 13.0. The van der Waals surface area contributed by atoms with Crippen molar-refractivity contribution in [2.75, 3.05) is 13.7 Å². The average Bonchev–Trinajstić information content (AvgIpc) is 3.12. The van der Waals surface area contributed by atoms with Crippen LogP contribution in [0.1, 0.15) is 32.6 Å². The third kappa shape index (κ3) is 3.60. The Morgan fingerprint density at radius 1 is 1.12 bits per heavy atom. The van der Waals surface area contributed by atoms with Crippen LogP contribution in [0.5, 0.6) is 5.75 Å². The van der Waals surface area contributed by atoms with Crippen molar-refractivity contribution in [1.82, 2.24) is 0 Å². The fourth-order valence-electron chi connectivity index (χ4n) is 2.64. The quantitative estimate of drug-likeness (QED) is 0.467. The predicted octanol–water partition coefficient (Wildman–Crippen LogP) is 4.62. The molecule has 0 bridgehead atoms. The van der Waals surface area contributed by atoms with Gasteiger partial charge in [0.25, 0.3) is 0 Å². The minimum absolute atomic E-state index is 0.0759. The van der Waals surface area contributed by atoms with Crippen molar-refractivity contribution in [2.45, 2.75) is 20.3 Å². The molecule has 0 fully saturated rings. The highest BCUT2D eigenvalue weighted by Gasteiger charge is 2.23. The molecule has 0 aliphatic rings. The van der Waals surface area contributed by atoms with Gasteiger partial charge in [0, 0.05) is 15.8 Å². The molecule has 0 saturated heterocycles. The predicted molar refractivity (Wildman–Crippen MR) is 101 cm³/mol. The van der Waals surface area contributed by atoms with Gasteiger partial charge in [0.1, 0.15) is 5.75 Å². The van der Waals surface area contributed by atoms with E-state index in [4.69, 9.17) is 9.47 Å². The first-order valence-electron chi connectivity index (χ1n) is 7.89. The highest BCUT2D eigenvalue weighted by atomic mass is 32.2. The summed E-state index contributed by atoms with van der Waals surface area (Å²) in [5.41, 5.74) is 1.35. The number of carbonyl (C=O) groups excluding carboxylic acids is 2. The summed E-state index contributed by atoms with van der Waals surface area (Å²) in [6, 6.07) is 9.05. The molecular weight excluding hydrogens is 356 g/mol. The van der Waals surface area contributed by atoms with Crippen molar-refractivity contribution in [2.24, 2.45) is 0 Å². The number of methoxy groups -OCH3 is 1. The Morgan fingerprint density at radius 2 is 1.84 bits per heavy atom. The molecular formula is C19H18O4S2. The highest BCUT2D eigenvalue weighted by Crippen LogP contribution is 2.39. The smallest absolute Gasteiger partial charge is 0.310 e. The second-order valence-electron chi connectivity index (χ2n) is 5.51. The molecule has 4 nitrogen and oxygen atoms in total. The Morgan fingerprint density at radius 3 is 2.48 bits per heavy atom. The van der Waals surface area contributed by atoms with Gasteiger partial charge < -0.3 is 9.47 Å². The number of ketones is 1. The summed E-state index contributed by atoms with van der Waals surface area (Å²) in [4.78, 5) is 26.8. The summed E-state index contributed by atoms with van der Waals surface area (Å²) in [5, 5.41) is 0.984. The molecule has 25 heavy (non-hydrogen) atoms. The van der Waals surface area contributed by atoms with Crippen LogP contribution < -0.4 is 4.74 Å². The van der Waals surface area contributed by atoms with Gasteiger partial charge in [-0.3, -0.25) is 9.59 Å². The Labute approximate surface area is 154 Å². The van der Waals surface area contributed by atoms with Gasteiger partial charge in [-0.15, -0.1) is 22.7 Å². The van der Waals surface area contributed by atoms with E-state index < -0.39 is 0 Å². The number of carbonyl (C=O) groups is 2. The topological polar surface area (TPSA) is 52.6 Å². The summed E-state index contributed by atoms with van der Waals surface area (Å²) < 4.78 is 11.3. The zero-order valence-corrected chi connectivity index (χ0v) is 15.9. The van der Waals surface area contributed by atoms with Crippen molar-refractivity contribution < 1.29 is 19.1 Å². The maximum Gasteiger partial charge on any atom is 0.310 e. The molecule has 0 amide bonds. The highest BCUT2D eigenvalue weighted by molar-refractivity contribution is 7.39. The number of fused-ring (bicyclic) bond motifs is 1. The van der Waals surface area contributed by atoms with Crippen molar-refractivity contribution in [3.63, 3.8) is 0 Å². The minimum Gasteiger partial charge on any atom is -0.497 e. The van der Waals surface area contributed by atoms with Crippen LogP contribution in [0.3, 0.4) is 0 Å². The Hall–Kier alpha value is -2.18. The molecule has 0 saturated carbocycles. The van der Waals surface area contributed by atoms with E-state index in [-0.39, 0.29) is 18.2 Å². The van der Waals surface area contributed by atoms with Crippen LogP contribution in [0.15, 0.2) is 30.3 Å². The van der Waals surface area contributed by atoms with E-state index in [1.54, 1.807) is 49.6 Å². The van der Waals surface area contributed by atoms with Crippen LogP contribution in [0.4, 0.5) is 0 Å². The van der Waals surface area contributed by atoms with Gasteiger partial charge >= 0.3 is 5.97 Å². The first-order valence-corrected chi connectivity index (χ1v) is 9.53. The number of esters is 1. The molecule has 0 aliphatic heterocycles. The molecule has 0 spiro atoms. The zero-order valence-electron chi connectivity index (χ0n) is 14.3. The van der Waals surface area contributed by atoms with Gasteiger partial charge in [0.2, 0.25) is 5.78 Å². The van der Waals surface area contributed by atoms with Gasteiger partial charge in [0.15, 0.2) is 0 Å². The normalized spacial score (nSPS) is 10.8. The molecule has 0 unspecified atom stereocenters. The molecule has 1 aromatic carbocycles. The van der Waals surface area contributed by atoms with Gasteiger partial charge in [0.05, 0.1) is 29.0 Å². The Balaban J connectivity index is 2.02. The van der Waals surface area contributed by atoms with Gasteiger partial charge in [-0.1, -0.05) is 0 Å². The second-order valence-corrected chi connectivity index (χ2v) is 8.04. The van der Waals surface area contributed by atoms with E-state index >= 15 is 0 Å². The number of aryl methyl sites for hydroxylation is 1. The Bertz CT molecular complexity index is 919. The number of hydrogen-bond donors (Lipinski definition) is 0. The first kappa shape index (κ1) is 17.6. The van der Waals surface area contributed by atoms with Crippen LogP contribution in [0, 0.1) is 6.92 Å². The van der Waals surface area contributed by atoms with Crippen molar-refractivity contribution in [1.29, 1.82) is 0 Å². The van der Waals surface area contributed by atoms with E-state index in [9.17, 15) is 9.59 Å². The summed E-state index contributed by atoms with van der Waals surface area (Å²) in [7, 11) is 1.59. The number of thiophene rings is 2. The fraction of sp³-hybridized carbons (Fsp3) is 0.263. The van der Waals surface area contributed by atoms with Crippen molar-refractivity contribution in [3.8, 4) is 5.75 Å². The summed E-state index contributed by atoms with van der Waals surface area (Å²) in [5.74, 6) is 0.314. The van der Waals surface area contributed by atoms with E-state index in [0.29, 0.717) is 22.8 Å². The number of rotatable bonds is 6. The molecule has 3 aromatic rings. The summed E-state index contributed by atoms with van der Waals surface area (Å²) in [6.07, 6.45) is 0.112. The summed E-state index contributed by atoms with van der Waals surface area (Å²) in [6.45, 7) is 4.13. The molecule has 2 aromatic heterocycles. The average molecular weight is 374 g/mol. The Kier molecular flexibility index (Phi) is 5.20. The summed E-state index contributed by atoms with van der Waals surface area (Å²) >= 11 is 3.09. The SMILES string of the molecule is CCOC(=O)Cc1c(C(=O)c2ccc(OC)cc2)sc2sc(C)cc12. The van der Waals surface area contributed by atoms with Crippen molar-refractivity contribution >= 4 is 43.8 Å². The fourth-order valence-corrected chi connectivity index (χ4v) is 5.21. The van der Waals surface area contributed by atoms with Crippen molar-refractivity contribution in [3.05, 3.63) is 51.2 Å². The van der Waals surface area contributed by atoms with Crippen LogP contribution in [0.25, 0.3) is 9.40 Å².